The molecule has 13 heterocycles. The van der Waals surface area contributed by atoms with Crippen molar-refractivity contribution < 1.29 is 106 Å². The van der Waals surface area contributed by atoms with Crippen LogP contribution in [0.25, 0.3) is 0 Å². The predicted molar refractivity (Wildman–Crippen MR) is 451 cm³/mol. The molecule has 14 atom stereocenters. The van der Waals surface area contributed by atoms with Gasteiger partial charge in [0.15, 0.2) is 0 Å². The Morgan fingerprint density at radius 2 is 0.488 bits per heavy atom. The van der Waals surface area contributed by atoms with E-state index in [1.807, 2.05) is 0 Å². The van der Waals surface area contributed by atoms with Crippen LogP contribution in [0.4, 0.5) is 0 Å². The van der Waals surface area contributed by atoms with Crippen LogP contribution in [0.15, 0.2) is 0 Å². The number of hydrogen-bond acceptors (Lipinski definition) is 23. The molecular weight excluding hydrogens is 1680 g/mol. The van der Waals surface area contributed by atoms with Gasteiger partial charge in [0.2, 0.25) is 118 Å². The number of rotatable bonds is 33. The summed E-state index contributed by atoms with van der Waals surface area (Å²) in [5.74, 6) is -11.8. The maximum atomic E-state index is 14.5. The lowest BCUT2D eigenvalue weighted by atomic mass is 10.1. The number of nitrogens with two attached hydrogens (primary N) is 1. The monoisotopic (exact) mass is 1810 g/mol. The molecule has 0 aromatic carbocycles. The third kappa shape index (κ3) is 22.1. The molecule has 13 fully saturated rings. The average molecular weight is 1810 g/mol. The van der Waals surface area contributed by atoms with E-state index in [1.54, 1.807) is 4.90 Å². The number of carbonyl (C=O) groups excluding carboxylic acids is 20. The highest BCUT2D eigenvalue weighted by Crippen LogP contribution is 2.33. The largest absolute Gasteiger partial charge is 0.480 e. The Morgan fingerprint density at radius 1 is 0.264 bits per heavy atom. The first-order valence-corrected chi connectivity index (χ1v) is 46.6. The summed E-state index contributed by atoms with van der Waals surface area (Å²) in [6, 6.07) is -12.7. The number of carboxylic acids is 1. The van der Waals surface area contributed by atoms with Crippen molar-refractivity contribution in [2.24, 2.45) is 5.73 Å². The number of nitrogens with one attached hydrogen (secondary N) is 9. The zero-order valence-electron chi connectivity index (χ0n) is 73.4. The molecule has 44 nitrogen and oxygen atoms in total. The minimum Gasteiger partial charge on any atom is -0.480 e. The van der Waals surface area contributed by atoms with Crippen LogP contribution in [-0.4, -0.2) is 410 Å². The van der Waals surface area contributed by atoms with E-state index in [4.69, 9.17) is 10.8 Å². The van der Waals surface area contributed by atoms with Crippen molar-refractivity contribution >= 4 is 124 Å². The number of nitrogens with zero attached hydrogens (tertiary/aromatic N) is 12. The van der Waals surface area contributed by atoms with Gasteiger partial charge in [0.25, 0.3) is 0 Å². The summed E-state index contributed by atoms with van der Waals surface area (Å²) in [7, 11) is 0. The van der Waals surface area contributed by atoms with Crippen molar-refractivity contribution in [1.29, 1.82) is 0 Å². The van der Waals surface area contributed by atoms with E-state index in [2.05, 4.69) is 47.9 Å². The molecule has 0 radical (unpaired) electrons. The number of aliphatic carboxylic acids is 1. The van der Waals surface area contributed by atoms with Gasteiger partial charge in [-0.1, -0.05) is 0 Å². The normalized spacial score (nSPS) is 26.9. The van der Waals surface area contributed by atoms with Gasteiger partial charge >= 0.3 is 5.97 Å². The molecule has 13 aliphatic rings. The van der Waals surface area contributed by atoms with Gasteiger partial charge in [0.05, 0.1) is 45.3 Å². The minimum atomic E-state index is -1.24. The second-order valence-corrected chi connectivity index (χ2v) is 36.0. The van der Waals surface area contributed by atoms with Crippen LogP contribution < -0.4 is 53.6 Å². The Morgan fingerprint density at radius 3 is 0.736 bits per heavy atom. The van der Waals surface area contributed by atoms with E-state index in [-0.39, 0.29) is 148 Å². The molecule has 708 valence electrons. The highest BCUT2D eigenvalue weighted by molar-refractivity contribution is 6.02. The van der Waals surface area contributed by atoms with E-state index >= 15 is 0 Å². The smallest absolute Gasteiger partial charge is 0.322 e. The maximum absolute atomic E-state index is 14.5. The summed E-state index contributed by atoms with van der Waals surface area (Å²) in [5.41, 5.74) is 5.81. The first kappa shape index (κ1) is 95.4. The topological polar surface area (TPSA) is 552 Å². The lowest BCUT2D eigenvalue weighted by Crippen LogP contribution is -2.57. The van der Waals surface area contributed by atoms with E-state index < -0.39 is 236 Å². The van der Waals surface area contributed by atoms with Crippen molar-refractivity contribution in [3.63, 3.8) is 0 Å². The highest BCUT2D eigenvalue weighted by Gasteiger charge is 2.51. The van der Waals surface area contributed by atoms with Crippen LogP contribution in [-0.2, 0) is 101 Å². The standard InChI is InChI=1S/C85H126N22O22/c86-30-2-1-16-51(72(116)88-44-66(109)97-33-11-25-60(97)81(125)104-40-7-20-55(104)75(119)93-49-70(113)101-37-15-29-64(101)85(129)107-43-10-23-58(107)78(122)94-50-71(114)115)95-79(123)59-24-4-32-96(59)65(108)45-89-74(118)54-19-6-39-103(54)82(126)62-27-13-35-99(62)68(111)47-91-77(121)57-22-9-42-106(57)84(128)63-28-14-36-100(63)69(112)48-92-76(120)56-21-8-41-105(56)83(127)61-26-12-34-98(61)67(110)46-90-73(117)53-18-5-38-102(53)80(124)52-17-3-31-87-52/h51-64,87H,1-50,86H2,(H,88,116)(H,89,118)(H,90,117)(H,91,121)(H,92,120)(H,93,119)(H,94,122)(H,95,123)(H,114,115)/t51-,52-,53-,54-,55-,56-,57-,58-,59-,60-,61-,62-,63-,64-/m0/s1. The zero-order chi connectivity index (χ0) is 91.9. The average Bonchev–Trinajstić information content (AvgIpc) is 1.69. The van der Waals surface area contributed by atoms with Gasteiger partial charge in [-0.15, -0.1) is 0 Å². The molecule has 12 N–H and O–H groups in total. The van der Waals surface area contributed by atoms with E-state index in [0.29, 0.717) is 135 Å². The number of carboxylic acid groups (broad SMARTS) is 1. The van der Waals surface area contributed by atoms with Crippen LogP contribution >= 0.6 is 0 Å². The van der Waals surface area contributed by atoms with Gasteiger partial charge < -0.3 is 117 Å². The number of likely N-dealkylation sites (tertiary alicyclic amines) is 12. The van der Waals surface area contributed by atoms with Gasteiger partial charge in [-0.25, -0.2) is 0 Å². The molecule has 13 saturated heterocycles. The Hall–Kier alpha value is -11.2. The zero-order valence-corrected chi connectivity index (χ0v) is 73.4. The summed E-state index contributed by atoms with van der Waals surface area (Å²) in [6.45, 7) is 0.150. The molecule has 0 unspecified atom stereocenters. The summed E-state index contributed by atoms with van der Waals surface area (Å²) in [5, 5.41) is 33.3. The van der Waals surface area contributed by atoms with E-state index in [0.717, 1.165) is 13.0 Å². The Kier molecular flexibility index (Phi) is 32.5. The molecular formula is C85H126N22O22. The number of carbonyl (C=O) groups is 21. The second-order valence-electron chi connectivity index (χ2n) is 36.0. The maximum Gasteiger partial charge on any atom is 0.322 e. The third-order valence-electron chi connectivity index (χ3n) is 28.0. The summed E-state index contributed by atoms with van der Waals surface area (Å²) in [6.07, 6.45) is 11.9. The molecule has 0 bridgehead atoms. The Bertz CT molecular complexity index is 4300. The van der Waals surface area contributed by atoms with Gasteiger partial charge in [0, 0.05) is 78.5 Å². The van der Waals surface area contributed by atoms with Crippen LogP contribution in [0.1, 0.15) is 186 Å². The molecule has 0 spiro atoms. The number of unbranched alkanes of at least 4 members (excludes halogenated alkanes) is 1. The lowest BCUT2D eigenvalue weighted by molar-refractivity contribution is -0.148. The first-order valence-electron chi connectivity index (χ1n) is 46.6. The Labute approximate surface area is 747 Å². The molecule has 0 saturated carbocycles. The van der Waals surface area contributed by atoms with Crippen LogP contribution in [0.3, 0.4) is 0 Å². The van der Waals surface area contributed by atoms with Gasteiger partial charge in [-0.2, -0.15) is 0 Å². The summed E-state index contributed by atoms with van der Waals surface area (Å²) < 4.78 is 0. The van der Waals surface area contributed by atoms with Crippen LogP contribution in [0, 0.1) is 0 Å². The summed E-state index contributed by atoms with van der Waals surface area (Å²) >= 11 is 0. The molecule has 13 aliphatic heterocycles. The number of amides is 20. The molecule has 129 heavy (non-hydrogen) atoms. The lowest BCUT2D eigenvalue weighted by Gasteiger charge is -2.32. The van der Waals surface area contributed by atoms with Crippen molar-refractivity contribution in [1.82, 2.24) is 107 Å². The van der Waals surface area contributed by atoms with E-state index in [1.165, 1.54) is 53.9 Å². The molecule has 20 amide bonds. The predicted octanol–water partition coefficient (Wildman–Crippen LogP) is -6.86. The third-order valence-corrected chi connectivity index (χ3v) is 28.0. The molecule has 0 aromatic rings. The van der Waals surface area contributed by atoms with E-state index in [9.17, 15) is 101 Å². The van der Waals surface area contributed by atoms with Crippen molar-refractivity contribution in [3.05, 3.63) is 0 Å². The second kappa shape index (κ2) is 43.9. The first-order chi connectivity index (χ1) is 62.1. The fraction of sp³-hybridized carbons (Fsp3) is 0.753. The molecule has 0 aliphatic carbocycles. The Balaban J connectivity index is 0.523. The number of hydrogen-bond donors (Lipinski definition) is 11. The van der Waals surface area contributed by atoms with Crippen LogP contribution in [0.2, 0.25) is 0 Å². The van der Waals surface area contributed by atoms with Gasteiger partial charge in [-0.3, -0.25) is 101 Å². The van der Waals surface area contributed by atoms with Crippen molar-refractivity contribution in [3.8, 4) is 0 Å². The van der Waals surface area contributed by atoms with Gasteiger partial charge in [0.1, 0.15) is 85.1 Å². The molecule has 0 aromatic heterocycles. The fourth-order valence-electron chi connectivity index (χ4n) is 21.4. The SMILES string of the molecule is NCCCC[C@H](NC(=O)[C@@H]1CCCN1C(=O)CNC(=O)[C@@H]1CCCN1C(=O)[C@@H]1CCCN1C(=O)CNC(=O)[C@@H]1CCCN1C(=O)[C@@H]1CCCN1C(=O)CNC(=O)[C@@H]1CCCN1C(=O)[C@@H]1CCCN1C(=O)CNC(=O)[C@@H]1CCCN1C(=O)[C@@H]1CCCN1)C(=O)NCC(=O)N1CCC[C@H]1C(=O)N1CCC[C@H]1C(=O)NCC(=O)N1CCC[C@H]1C(=O)N1CCC[C@H]1C(=O)NCC(=O)O. The van der Waals surface area contributed by atoms with Gasteiger partial charge in [-0.05, 0) is 199 Å². The summed E-state index contributed by atoms with van der Waals surface area (Å²) in [4.78, 5) is 306. The van der Waals surface area contributed by atoms with Crippen molar-refractivity contribution in [2.75, 3.05) is 137 Å². The molecule has 44 heteroatoms. The minimum absolute atomic E-state index is 0.107. The fourth-order valence-corrected chi connectivity index (χ4v) is 21.4. The van der Waals surface area contributed by atoms with Crippen molar-refractivity contribution in [2.45, 2.75) is 271 Å². The van der Waals surface area contributed by atoms with Crippen LogP contribution in [0.5, 0.6) is 0 Å². The highest BCUT2D eigenvalue weighted by atomic mass is 16.4. The quantitative estimate of drug-likeness (QED) is 0.0272. The molecule has 13 rings (SSSR count).